The normalized spacial score (nSPS) is 12.8. The number of hydrogen-bond acceptors (Lipinski definition) is 5. The number of carbonyl (C=O) groups excluding carboxylic acids is 2. The third-order valence-corrected chi connectivity index (χ3v) is 6.70. The molecule has 4 rings (SSSR count). The molecular formula is C34H44N2O3. The first-order valence-electron chi connectivity index (χ1n) is 13.6. The molecule has 39 heavy (non-hydrogen) atoms. The summed E-state index contributed by atoms with van der Waals surface area (Å²) in [6.07, 6.45) is 11.5. The SMILES string of the molecule is C/C=C/c1cccc(N(C)Cc2ccc(-c3ccc(N(C)C)cc3)cc2)c1.COC=O.O=CC1CCCCC1. The van der Waals surface area contributed by atoms with Crippen LogP contribution in [0, 0.1) is 5.92 Å². The highest BCUT2D eigenvalue weighted by Gasteiger charge is 2.10. The van der Waals surface area contributed by atoms with Crippen molar-refractivity contribution in [3.63, 3.8) is 0 Å². The van der Waals surface area contributed by atoms with Gasteiger partial charge in [0.1, 0.15) is 6.29 Å². The molecule has 0 atom stereocenters. The number of allylic oxidation sites excluding steroid dienone is 1. The van der Waals surface area contributed by atoms with E-state index in [-0.39, 0.29) is 0 Å². The van der Waals surface area contributed by atoms with Crippen LogP contribution in [0.3, 0.4) is 0 Å². The second-order valence-electron chi connectivity index (χ2n) is 9.96. The summed E-state index contributed by atoms with van der Waals surface area (Å²) in [5.74, 6) is 0.406. The maximum absolute atomic E-state index is 10.2. The predicted octanol–water partition coefficient (Wildman–Crippen LogP) is 7.64. The van der Waals surface area contributed by atoms with Crippen LogP contribution in [0.1, 0.15) is 50.2 Å². The fourth-order valence-corrected chi connectivity index (χ4v) is 4.45. The van der Waals surface area contributed by atoms with E-state index in [0.717, 1.165) is 25.7 Å². The zero-order valence-corrected chi connectivity index (χ0v) is 24.2. The topological polar surface area (TPSA) is 49.9 Å². The van der Waals surface area contributed by atoms with Crippen LogP contribution in [0.25, 0.3) is 17.2 Å². The molecule has 5 nitrogen and oxygen atoms in total. The van der Waals surface area contributed by atoms with Crippen LogP contribution in [0.5, 0.6) is 0 Å². The van der Waals surface area contributed by atoms with Crippen LogP contribution in [0.2, 0.25) is 0 Å². The van der Waals surface area contributed by atoms with Gasteiger partial charge in [-0.05, 0) is 66.3 Å². The van der Waals surface area contributed by atoms with E-state index in [2.05, 4.69) is 121 Å². The Morgan fingerprint density at radius 1 is 0.821 bits per heavy atom. The smallest absolute Gasteiger partial charge is 0.292 e. The standard InChI is InChI=1S/C25H28N2.C7H12O.C2H4O2/c1-5-7-20-8-6-9-25(18-20)27(4)19-21-10-12-22(13-11-21)23-14-16-24(17-15-23)26(2)3;8-6-7-4-2-1-3-5-7;1-4-2-3/h5-18H,19H2,1-4H3;6-7H,1-5H2;2H,1H3/b7-5+;;. The lowest BCUT2D eigenvalue weighted by Crippen LogP contribution is -2.16. The fourth-order valence-electron chi connectivity index (χ4n) is 4.45. The zero-order chi connectivity index (χ0) is 28.5. The van der Waals surface area contributed by atoms with Crippen molar-refractivity contribution in [2.24, 2.45) is 5.92 Å². The Morgan fingerprint density at radius 3 is 1.90 bits per heavy atom. The minimum atomic E-state index is 0.375. The molecule has 0 aliphatic heterocycles. The van der Waals surface area contributed by atoms with Crippen molar-refractivity contribution < 1.29 is 14.3 Å². The van der Waals surface area contributed by atoms with E-state index in [1.807, 2.05) is 6.92 Å². The van der Waals surface area contributed by atoms with Gasteiger partial charge in [-0.1, -0.05) is 79.9 Å². The summed E-state index contributed by atoms with van der Waals surface area (Å²) in [5.41, 5.74) is 7.49. The molecule has 0 spiro atoms. The van der Waals surface area contributed by atoms with Gasteiger partial charge in [0.25, 0.3) is 6.47 Å². The van der Waals surface area contributed by atoms with Gasteiger partial charge >= 0.3 is 0 Å². The maximum Gasteiger partial charge on any atom is 0.292 e. The number of ether oxygens (including phenoxy) is 1. The van der Waals surface area contributed by atoms with Gasteiger partial charge in [0.2, 0.25) is 0 Å². The monoisotopic (exact) mass is 528 g/mol. The predicted molar refractivity (Wildman–Crippen MR) is 165 cm³/mol. The Balaban J connectivity index is 0.000000368. The van der Waals surface area contributed by atoms with Crippen molar-refractivity contribution in [2.45, 2.75) is 45.6 Å². The van der Waals surface area contributed by atoms with Crippen LogP contribution in [-0.2, 0) is 20.9 Å². The Kier molecular flexibility index (Phi) is 14.2. The minimum Gasteiger partial charge on any atom is -0.471 e. The highest BCUT2D eigenvalue weighted by molar-refractivity contribution is 5.66. The summed E-state index contributed by atoms with van der Waals surface area (Å²) in [5, 5.41) is 0. The molecule has 0 heterocycles. The molecule has 5 heteroatoms. The summed E-state index contributed by atoms with van der Waals surface area (Å²) < 4.78 is 3.86. The van der Waals surface area contributed by atoms with Gasteiger partial charge in [-0.15, -0.1) is 0 Å². The molecule has 0 radical (unpaired) electrons. The largest absolute Gasteiger partial charge is 0.471 e. The number of methoxy groups -OCH3 is 1. The van der Waals surface area contributed by atoms with Crippen LogP contribution in [0.15, 0.2) is 78.9 Å². The van der Waals surface area contributed by atoms with Gasteiger partial charge in [0, 0.05) is 45.0 Å². The van der Waals surface area contributed by atoms with Crippen LogP contribution >= 0.6 is 0 Å². The lowest BCUT2D eigenvalue weighted by atomic mass is 9.91. The van der Waals surface area contributed by atoms with Gasteiger partial charge in [-0.2, -0.15) is 0 Å². The summed E-state index contributed by atoms with van der Waals surface area (Å²) in [7, 11) is 7.58. The van der Waals surface area contributed by atoms with Crippen molar-refractivity contribution in [3.8, 4) is 11.1 Å². The minimum absolute atomic E-state index is 0.375. The average molecular weight is 529 g/mol. The van der Waals surface area contributed by atoms with E-state index >= 15 is 0 Å². The van der Waals surface area contributed by atoms with Crippen molar-refractivity contribution >= 4 is 30.2 Å². The first kappa shape index (κ1) is 31.4. The van der Waals surface area contributed by atoms with E-state index in [1.54, 1.807) is 0 Å². The molecule has 1 aliphatic rings. The van der Waals surface area contributed by atoms with Crippen molar-refractivity contribution in [3.05, 3.63) is 90.0 Å². The quantitative estimate of drug-likeness (QED) is 0.281. The summed E-state index contributed by atoms with van der Waals surface area (Å²) in [6, 6.07) is 26.2. The molecule has 0 bridgehead atoms. The number of hydrogen-bond donors (Lipinski definition) is 0. The molecule has 0 N–H and O–H groups in total. The molecule has 3 aromatic rings. The van der Waals surface area contributed by atoms with Gasteiger partial charge in [0.05, 0.1) is 7.11 Å². The molecule has 1 saturated carbocycles. The third kappa shape index (κ3) is 11.2. The summed E-state index contributed by atoms with van der Waals surface area (Å²) in [6.45, 7) is 3.31. The molecular weight excluding hydrogens is 484 g/mol. The Hall–Kier alpha value is -3.86. The lowest BCUT2D eigenvalue weighted by Gasteiger charge is -2.20. The Labute approximate surface area is 235 Å². The molecule has 0 unspecified atom stereocenters. The van der Waals surface area contributed by atoms with Gasteiger partial charge < -0.3 is 19.3 Å². The molecule has 208 valence electrons. The highest BCUT2D eigenvalue weighted by atomic mass is 16.5. The fraction of sp³-hybridized carbons (Fsp3) is 0.353. The Morgan fingerprint density at radius 2 is 1.41 bits per heavy atom. The van der Waals surface area contributed by atoms with Crippen molar-refractivity contribution in [2.75, 3.05) is 38.1 Å². The first-order chi connectivity index (χ1) is 18.9. The van der Waals surface area contributed by atoms with Crippen LogP contribution in [-0.4, -0.2) is 41.0 Å². The molecule has 1 aliphatic carbocycles. The van der Waals surface area contributed by atoms with Gasteiger partial charge in [0.15, 0.2) is 0 Å². The number of carbonyl (C=O) groups is 2. The lowest BCUT2D eigenvalue weighted by molar-refractivity contribution is -0.126. The maximum atomic E-state index is 10.2. The summed E-state index contributed by atoms with van der Waals surface area (Å²) in [4.78, 5) is 23.5. The molecule has 3 aromatic carbocycles. The number of benzene rings is 3. The van der Waals surface area contributed by atoms with Crippen molar-refractivity contribution in [1.29, 1.82) is 0 Å². The molecule has 0 aromatic heterocycles. The number of rotatable bonds is 8. The Bertz CT molecular complexity index is 1130. The van der Waals surface area contributed by atoms with Crippen molar-refractivity contribution in [1.82, 2.24) is 0 Å². The van der Waals surface area contributed by atoms with E-state index in [1.165, 1.54) is 60.0 Å². The third-order valence-electron chi connectivity index (χ3n) is 6.70. The molecule has 0 amide bonds. The van der Waals surface area contributed by atoms with E-state index in [9.17, 15) is 4.79 Å². The second kappa shape index (κ2) is 17.6. The number of aldehydes is 1. The zero-order valence-electron chi connectivity index (χ0n) is 24.2. The van der Waals surface area contributed by atoms with Gasteiger partial charge in [-0.25, -0.2) is 0 Å². The number of nitrogens with zero attached hydrogens (tertiary/aromatic N) is 2. The summed E-state index contributed by atoms with van der Waals surface area (Å²) >= 11 is 0. The molecule has 1 fully saturated rings. The first-order valence-corrected chi connectivity index (χ1v) is 13.6. The van der Waals surface area contributed by atoms with E-state index < -0.39 is 0 Å². The van der Waals surface area contributed by atoms with Crippen LogP contribution < -0.4 is 9.80 Å². The second-order valence-corrected chi connectivity index (χ2v) is 9.96. The number of anilines is 2. The van der Waals surface area contributed by atoms with Crippen LogP contribution in [0.4, 0.5) is 11.4 Å². The van der Waals surface area contributed by atoms with E-state index in [4.69, 9.17) is 4.79 Å². The highest BCUT2D eigenvalue weighted by Crippen LogP contribution is 2.24. The molecule has 0 saturated heterocycles. The average Bonchev–Trinajstić information content (AvgIpc) is 2.99. The van der Waals surface area contributed by atoms with E-state index in [0.29, 0.717) is 12.4 Å². The van der Waals surface area contributed by atoms with Gasteiger partial charge in [-0.3, -0.25) is 4.79 Å².